The summed E-state index contributed by atoms with van der Waals surface area (Å²) in [7, 11) is 0. The lowest BCUT2D eigenvalue weighted by molar-refractivity contribution is -0.142. The van der Waals surface area contributed by atoms with E-state index in [2.05, 4.69) is 5.32 Å². The average Bonchev–Trinajstić information content (AvgIpc) is 2.36. The Morgan fingerprint density at radius 3 is 2.33 bits per heavy atom. The molecular formula is C13H12Cl2N2O4. The van der Waals surface area contributed by atoms with Gasteiger partial charge < -0.3 is 16.2 Å². The van der Waals surface area contributed by atoms with Gasteiger partial charge in [-0.1, -0.05) is 29.3 Å². The summed E-state index contributed by atoms with van der Waals surface area (Å²) in [6.45, 7) is 0. The van der Waals surface area contributed by atoms with Gasteiger partial charge in [0.2, 0.25) is 11.8 Å². The number of hydrogen-bond donors (Lipinski definition) is 3. The zero-order valence-corrected chi connectivity index (χ0v) is 12.2. The number of hydrogen-bond acceptors (Lipinski definition) is 3. The summed E-state index contributed by atoms with van der Waals surface area (Å²) in [5, 5.41) is 11.7. The normalized spacial score (nSPS) is 12.1. The Hall–Kier alpha value is -2.05. The van der Waals surface area contributed by atoms with Crippen molar-refractivity contribution >= 4 is 47.1 Å². The summed E-state index contributed by atoms with van der Waals surface area (Å²) >= 11 is 11.8. The van der Waals surface area contributed by atoms with Gasteiger partial charge >= 0.3 is 5.97 Å². The van der Waals surface area contributed by atoms with E-state index in [1.807, 2.05) is 0 Å². The number of benzene rings is 1. The molecule has 0 aliphatic heterocycles. The molecule has 0 bridgehead atoms. The monoisotopic (exact) mass is 330 g/mol. The van der Waals surface area contributed by atoms with Gasteiger partial charge in [-0.15, -0.1) is 0 Å². The standard InChI is InChI=1S/C13H12Cl2N2O4/c14-8-2-1-3-9(15)7(8)4-5-12(19)17-10(13(20)21)6-11(16)18/h1-5,10H,6H2,(H2,16,18)(H,17,19)(H,20,21)/b5-4+/t10-/m1/s1. The lowest BCUT2D eigenvalue weighted by Crippen LogP contribution is -2.42. The fraction of sp³-hybridized carbons (Fsp3) is 0.154. The van der Waals surface area contributed by atoms with Crippen LogP contribution in [0.4, 0.5) is 0 Å². The number of aliphatic carboxylic acids is 1. The molecule has 1 rings (SSSR count). The number of nitrogens with one attached hydrogen (secondary N) is 1. The van der Waals surface area contributed by atoms with E-state index >= 15 is 0 Å². The summed E-state index contributed by atoms with van der Waals surface area (Å²) in [4.78, 5) is 33.2. The highest BCUT2D eigenvalue weighted by atomic mass is 35.5. The minimum atomic E-state index is -1.39. The molecule has 4 N–H and O–H groups in total. The van der Waals surface area contributed by atoms with Crippen LogP contribution in [-0.2, 0) is 14.4 Å². The third-order valence-electron chi connectivity index (χ3n) is 2.42. The summed E-state index contributed by atoms with van der Waals surface area (Å²) < 4.78 is 0. The number of carbonyl (C=O) groups is 3. The molecule has 6 nitrogen and oxygen atoms in total. The molecule has 0 unspecified atom stereocenters. The molecule has 8 heteroatoms. The number of carbonyl (C=O) groups excluding carboxylic acids is 2. The molecule has 0 radical (unpaired) electrons. The molecule has 0 saturated carbocycles. The summed E-state index contributed by atoms with van der Waals surface area (Å²) in [6.07, 6.45) is 1.93. The Bertz CT molecular complexity index is 582. The minimum absolute atomic E-state index is 0.346. The Labute approximate surface area is 130 Å². The van der Waals surface area contributed by atoms with E-state index in [0.29, 0.717) is 15.6 Å². The molecule has 0 saturated heterocycles. The van der Waals surface area contributed by atoms with Crippen molar-refractivity contribution in [2.24, 2.45) is 5.73 Å². The van der Waals surface area contributed by atoms with Crippen molar-refractivity contribution in [2.75, 3.05) is 0 Å². The molecule has 0 aliphatic rings. The van der Waals surface area contributed by atoms with Gasteiger partial charge in [-0.3, -0.25) is 9.59 Å². The first kappa shape index (κ1) is 17.0. The number of carboxylic acid groups (broad SMARTS) is 1. The van der Waals surface area contributed by atoms with Crippen LogP contribution < -0.4 is 11.1 Å². The molecule has 112 valence electrons. The van der Waals surface area contributed by atoms with Crippen molar-refractivity contribution in [3.63, 3.8) is 0 Å². The number of nitrogens with two attached hydrogens (primary N) is 1. The van der Waals surface area contributed by atoms with E-state index in [1.165, 1.54) is 6.08 Å². The first-order chi connectivity index (χ1) is 9.81. The first-order valence-electron chi connectivity index (χ1n) is 5.75. The van der Waals surface area contributed by atoms with Gasteiger partial charge in [-0.2, -0.15) is 0 Å². The second-order valence-corrected chi connectivity index (χ2v) is 4.85. The van der Waals surface area contributed by atoms with E-state index < -0.39 is 30.2 Å². The maximum absolute atomic E-state index is 11.6. The van der Waals surface area contributed by atoms with Crippen LogP contribution in [0.2, 0.25) is 10.0 Å². The van der Waals surface area contributed by atoms with E-state index in [9.17, 15) is 14.4 Å². The van der Waals surface area contributed by atoms with Gasteiger partial charge in [0.25, 0.3) is 0 Å². The van der Waals surface area contributed by atoms with Crippen LogP contribution in [0.5, 0.6) is 0 Å². The predicted molar refractivity (Wildman–Crippen MR) is 78.9 cm³/mol. The molecular weight excluding hydrogens is 319 g/mol. The average molecular weight is 331 g/mol. The van der Waals surface area contributed by atoms with Gasteiger partial charge in [0.15, 0.2) is 0 Å². The smallest absolute Gasteiger partial charge is 0.326 e. The second-order valence-electron chi connectivity index (χ2n) is 4.04. The minimum Gasteiger partial charge on any atom is -0.480 e. The highest BCUT2D eigenvalue weighted by Crippen LogP contribution is 2.25. The molecule has 21 heavy (non-hydrogen) atoms. The number of primary amides is 1. The molecule has 1 atom stereocenters. The topological polar surface area (TPSA) is 109 Å². The van der Waals surface area contributed by atoms with Crippen LogP contribution in [0.15, 0.2) is 24.3 Å². The first-order valence-corrected chi connectivity index (χ1v) is 6.50. The molecule has 1 aromatic rings. The Morgan fingerprint density at radius 1 is 1.29 bits per heavy atom. The molecule has 1 aromatic carbocycles. The lowest BCUT2D eigenvalue weighted by Gasteiger charge is -2.10. The van der Waals surface area contributed by atoms with E-state index in [-0.39, 0.29) is 0 Å². The van der Waals surface area contributed by atoms with Crippen LogP contribution >= 0.6 is 23.2 Å². The molecule has 0 heterocycles. The third kappa shape index (κ3) is 5.45. The third-order valence-corrected chi connectivity index (χ3v) is 3.08. The number of carboxylic acids is 1. The number of halogens is 2. The van der Waals surface area contributed by atoms with Gasteiger partial charge in [0.1, 0.15) is 6.04 Å². The highest BCUT2D eigenvalue weighted by Gasteiger charge is 2.21. The van der Waals surface area contributed by atoms with Crippen LogP contribution in [0.1, 0.15) is 12.0 Å². The summed E-state index contributed by atoms with van der Waals surface area (Å²) in [6, 6.07) is 3.45. The maximum Gasteiger partial charge on any atom is 0.326 e. The Balaban J connectivity index is 2.78. The lowest BCUT2D eigenvalue weighted by atomic mass is 10.2. The van der Waals surface area contributed by atoms with E-state index in [0.717, 1.165) is 6.08 Å². The zero-order valence-electron chi connectivity index (χ0n) is 10.7. The largest absolute Gasteiger partial charge is 0.480 e. The van der Waals surface area contributed by atoms with Crippen molar-refractivity contribution < 1.29 is 19.5 Å². The summed E-state index contributed by atoms with van der Waals surface area (Å²) in [5.74, 6) is -2.90. The van der Waals surface area contributed by atoms with Crippen molar-refractivity contribution in [1.82, 2.24) is 5.32 Å². The van der Waals surface area contributed by atoms with Crippen molar-refractivity contribution in [3.8, 4) is 0 Å². The molecule has 0 aromatic heterocycles. The van der Waals surface area contributed by atoms with Gasteiger partial charge in [-0.25, -0.2) is 4.79 Å². The quantitative estimate of drug-likeness (QED) is 0.685. The maximum atomic E-state index is 11.6. The van der Waals surface area contributed by atoms with E-state index in [1.54, 1.807) is 18.2 Å². The fourth-order valence-corrected chi connectivity index (χ4v) is 1.97. The van der Waals surface area contributed by atoms with Crippen molar-refractivity contribution in [2.45, 2.75) is 12.5 Å². The molecule has 0 aliphatic carbocycles. The van der Waals surface area contributed by atoms with Crippen LogP contribution in [0.25, 0.3) is 6.08 Å². The van der Waals surface area contributed by atoms with Crippen LogP contribution in [-0.4, -0.2) is 28.9 Å². The van der Waals surface area contributed by atoms with Crippen molar-refractivity contribution in [3.05, 3.63) is 39.9 Å². The number of rotatable bonds is 6. The SMILES string of the molecule is NC(=O)C[C@@H](NC(=O)/C=C/c1c(Cl)cccc1Cl)C(=O)O. The van der Waals surface area contributed by atoms with E-state index in [4.69, 9.17) is 34.0 Å². The predicted octanol–water partition coefficient (Wildman–Crippen LogP) is 1.45. The van der Waals surface area contributed by atoms with Gasteiger partial charge in [0, 0.05) is 21.7 Å². The van der Waals surface area contributed by atoms with Gasteiger partial charge in [0.05, 0.1) is 6.42 Å². The van der Waals surface area contributed by atoms with Gasteiger partial charge in [-0.05, 0) is 18.2 Å². The van der Waals surface area contributed by atoms with Crippen LogP contribution in [0.3, 0.4) is 0 Å². The Kier molecular flexibility index (Phi) is 6.20. The Morgan fingerprint density at radius 2 is 1.86 bits per heavy atom. The summed E-state index contributed by atoms with van der Waals surface area (Å²) in [5.41, 5.74) is 5.33. The van der Waals surface area contributed by atoms with Crippen LogP contribution in [0, 0.1) is 0 Å². The molecule has 2 amide bonds. The fourth-order valence-electron chi connectivity index (χ4n) is 1.45. The highest BCUT2D eigenvalue weighted by molar-refractivity contribution is 6.37. The second kappa shape index (κ2) is 7.66. The molecule has 0 fully saturated rings. The molecule has 0 spiro atoms. The zero-order chi connectivity index (χ0) is 16.0. The van der Waals surface area contributed by atoms with Crippen molar-refractivity contribution in [1.29, 1.82) is 0 Å². The number of amides is 2.